The largest absolute Gasteiger partial charge is 0.433 e. The summed E-state index contributed by atoms with van der Waals surface area (Å²) in [5.41, 5.74) is -4.81. The predicted molar refractivity (Wildman–Crippen MR) is 87.7 cm³/mol. The molecule has 25 heavy (non-hydrogen) atoms. The SMILES string of the molecule is BC1CN(C(=O)OC(B)(C(F)(F)F)C(F)(F)F)CC(B)N1C(C)(C)C. The highest BCUT2D eigenvalue weighted by Crippen LogP contribution is 2.44. The maximum absolute atomic E-state index is 12.9. The third kappa shape index (κ3) is 4.40. The second-order valence-electron chi connectivity index (χ2n) is 7.58. The lowest BCUT2D eigenvalue weighted by Gasteiger charge is -2.51. The lowest BCUT2D eigenvalue weighted by Crippen LogP contribution is -2.67. The first-order valence-electron chi connectivity index (χ1n) is 7.81. The quantitative estimate of drug-likeness (QED) is 0.477. The van der Waals surface area contributed by atoms with Crippen LogP contribution in [0.1, 0.15) is 20.8 Å². The Labute approximate surface area is 145 Å². The number of alkyl halides is 6. The highest BCUT2D eigenvalue weighted by Gasteiger charge is 2.70. The number of hydrogen-bond donors (Lipinski definition) is 0. The van der Waals surface area contributed by atoms with Gasteiger partial charge in [0, 0.05) is 18.6 Å². The van der Waals surface area contributed by atoms with Crippen LogP contribution in [0, 0.1) is 0 Å². The standard InChI is InChI=1S/C12H21B3F6N2O2/c1-9(2,3)23-6(13)4-22(5-7(23)14)8(24)25-10(15,11(16,17)18)12(19,20)21/h6-7H,4-5,13-15H2,1-3H3. The molecule has 2 atom stereocenters. The van der Waals surface area contributed by atoms with Gasteiger partial charge in [-0.1, -0.05) is 0 Å². The van der Waals surface area contributed by atoms with Crippen molar-refractivity contribution in [2.24, 2.45) is 0 Å². The molecule has 0 aromatic heterocycles. The van der Waals surface area contributed by atoms with Crippen molar-refractivity contribution in [1.82, 2.24) is 9.80 Å². The van der Waals surface area contributed by atoms with Gasteiger partial charge in [-0.05, 0) is 32.7 Å². The number of hydrogen-bond acceptors (Lipinski definition) is 3. The van der Waals surface area contributed by atoms with E-state index < -0.39 is 23.9 Å². The van der Waals surface area contributed by atoms with Crippen LogP contribution in [0.2, 0.25) is 0 Å². The van der Waals surface area contributed by atoms with Gasteiger partial charge >= 0.3 is 18.4 Å². The van der Waals surface area contributed by atoms with Crippen molar-refractivity contribution < 1.29 is 35.9 Å². The van der Waals surface area contributed by atoms with Crippen molar-refractivity contribution in [3.8, 4) is 0 Å². The molecule has 1 aliphatic heterocycles. The van der Waals surface area contributed by atoms with Crippen molar-refractivity contribution in [2.45, 2.75) is 56.0 Å². The molecule has 1 saturated heterocycles. The number of nitrogens with zero attached hydrogens (tertiary/aromatic N) is 2. The van der Waals surface area contributed by atoms with E-state index in [-0.39, 0.29) is 38.4 Å². The number of rotatable bonds is 1. The molecule has 1 fully saturated rings. The van der Waals surface area contributed by atoms with Crippen LogP contribution in [-0.4, -0.2) is 87.8 Å². The van der Waals surface area contributed by atoms with E-state index in [4.69, 9.17) is 0 Å². The molecule has 1 heterocycles. The molecule has 0 aromatic rings. The number of carbonyl (C=O) groups excluding carboxylic acids is 1. The van der Waals surface area contributed by atoms with Crippen LogP contribution in [0.3, 0.4) is 0 Å². The fraction of sp³-hybridized carbons (Fsp3) is 0.917. The van der Waals surface area contributed by atoms with E-state index in [1.54, 1.807) is 15.7 Å². The van der Waals surface area contributed by atoms with Crippen molar-refractivity contribution in [1.29, 1.82) is 0 Å². The lowest BCUT2D eigenvalue weighted by atomic mass is 9.79. The molecule has 0 N–H and O–H groups in total. The van der Waals surface area contributed by atoms with Gasteiger partial charge in [0.25, 0.3) is 5.50 Å². The zero-order valence-corrected chi connectivity index (χ0v) is 15.0. The summed E-state index contributed by atoms with van der Waals surface area (Å²) in [6.45, 7) is 5.79. The van der Waals surface area contributed by atoms with E-state index in [1.165, 1.54) is 0 Å². The van der Waals surface area contributed by atoms with Gasteiger partial charge in [-0.3, -0.25) is 0 Å². The third-order valence-electron chi connectivity index (χ3n) is 4.33. The van der Waals surface area contributed by atoms with Crippen molar-refractivity contribution >= 4 is 29.6 Å². The molecule has 0 saturated carbocycles. The van der Waals surface area contributed by atoms with Crippen molar-refractivity contribution in [3.63, 3.8) is 0 Å². The molecular weight excluding hydrogens is 351 g/mol. The zero-order chi connectivity index (χ0) is 20.0. The van der Waals surface area contributed by atoms with Crippen molar-refractivity contribution in [3.05, 3.63) is 0 Å². The summed E-state index contributed by atoms with van der Waals surface area (Å²) in [5.74, 6) is -0.501. The smallest absolute Gasteiger partial charge is 0.428 e. The van der Waals surface area contributed by atoms with Crippen LogP contribution in [0.5, 0.6) is 0 Å². The Bertz CT molecular complexity index is 483. The van der Waals surface area contributed by atoms with Gasteiger partial charge in [0.2, 0.25) is 0 Å². The van der Waals surface area contributed by atoms with E-state index in [1.807, 2.05) is 20.8 Å². The second kappa shape index (κ2) is 6.62. The van der Waals surface area contributed by atoms with Crippen molar-refractivity contribution in [2.75, 3.05) is 13.1 Å². The average Bonchev–Trinajstić information content (AvgIpc) is 2.32. The molecule has 142 valence electrons. The molecule has 0 spiro atoms. The van der Waals surface area contributed by atoms with Gasteiger partial charge < -0.3 is 14.5 Å². The highest BCUT2D eigenvalue weighted by atomic mass is 19.4. The van der Waals surface area contributed by atoms with Crippen LogP contribution in [-0.2, 0) is 4.74 Å². The summed E-state index contributed by atoms with van der Waals surface area (Å²) in [4.78, 5) is 15.0. The molecule has 4 nitrogen and oxygen atoms in total. The third-order valence-corrected chi connectivity index (χ3v) is 4.33. The van der Waals surface area contributed by atoms with Gasteiger partial charge in [0.15, 0.2) is 7.85 Å². The minimum absolute atomic E-state index is 0.0216. The lowest BCUT2D eigenvalue weighted by molar-refractivity contribution is -0.331. The van der Waals surface area contributed by atoms with Crippen LogP contribution in [0.15, 0.2) is 0 Å². The van der Waals surface area contributed by atoms with Crippen LogP contribution < -0.4 is 0 Å². The number of carbonyl (C=O) groups is 1. The number of amides is 1. The number of ether oxygens (including phenoxy) is 1. The first-order valence-corrected chi connectivity index (χ1v) is 7.81. The average molecular weight is 372 g/mol. The Kier molecular flexibility index (Phi) is 5.84. The summed E-state index contributed by atoms with van der Waals surface area (Å²) in [6, 6.07) is 0. The second-order valence-corrected chi connectivity index (χ2v) is 7.58. The maximum Gasteiger partial charge on any atom is 0.428 e. The highest BCUT2D eigenvalue weighted by molar-refractivity contribution is 6.17. The summed E-state index contributed by atoms with van der Waals surface area (Å²) >= 11 is 0. The molecule has 0 bridgehead atoms. The summed E-state index contributed by atoms with van der Waals surface area (Å²) in [7, 11) is 3.34. The molecule has 0 aromatic carbocycles. The Balaban J connectivity index is 2.99. The normalized spacial score (nSPS) is 24.3. The Hall–Kier alpha value is -0.995. The van der Waals surface area contributed by atoms with Crippen LogP contribution in [0.25, 0.3) is 0 Å². The Morgan fingerprint density at radius 2 is 1.32 bits per heavy atom. The summed E-state index contributed by atoms with van der Waals surface area (Å²) in [6.07, 6.45) is -13.2. The Morgan fingerprint density at radius 1 is 0.960 bits per heavy atom. The molecule has 1 rings (SSSR count). The van der Waals surface area contributed by atoms with Gasteiger partial charge in [-0.25, -0.2) is 4.79 Å². The first-order chi connectivity index (χ1) is 10.9. The van der Waals surface area contributed by atoms with Gasteiger partial charge in [0.05, 0.1) is 0 Å². The fourth-order valence-electron chi connectivity index (χ4n) is 3.31. The minimum atomic E-state index is -5.77. The van der Waals surface area contributed by atoms with Gasteiger partial charge in [0.1, 0.15) is 15.7 Å². The van der Waals surface area contributed by atoms with E-state index in [0.717, 1.165) is 4.90 Å². The monoisotopic (exact) mass is 372 g/mol. The van der Waals surface area contributed by atoms with Crippen LogP contribution in [0.4, 0.5) is 31.1 Å². The molecule has 1 amide bonds. The number of piperazine rings is 1. The van der Waals surface area contributed by atoms with Crippen LogP contribution >= 0.6 is 0 Å². The zero-order valence-electron chi connectivity index (χ0n) is 15.0. The maximum atomic E-state index is 12.9. The predicted octanol–water partition coefficient (Wildman–Crippen LogP) is -0.0885. The summed E-state index contributed by atoms with van der Waals surface area (Å²) in [5, 5.41) is 0. The molecule has 0 aliphatic carbocycles. The fourth-order valence-corrected chi connectivity index (χ4v) is 3.31. The Morgan fingerprint density at radius 3 is 1.60 bits per heavy atom. The molecule has 0 radical (unpaired) electrons. The summed E-state index contributed by atoms with van der Waals surface area (Å²) < 4.78 is 81.2. The van der Waals surface area contributed by atoms with Gasteiger partial charge in [-0.2, -0.15) is 26.3 Å². The van der Waals surface area contributed by atoms with E-state index >= 15 is 0 Å². The first kappa shape index (κ1) is 22.0. The molecular formula is C12H21B3F6N2O2. The number of halogens is 6. The van der Waals surface area contributed by atoms with E-state index in [0.29, 0.717) is 0 Å². The topological polar surface area (TPSA) is 32.8 Å². The van der Waals surface area contributed by atoms with E-state index in [9.17, 15) is 31.1 Å². The molecule has 13 heteroatoms. The molecule has 2 unspecified atom stereocenters. The van der Waals surface area contributed by atoms with Gasteiger partial charge in [-0.15, -0.1) is 0 Å². The van der Waals surface area contributed by atoms with E-state index in [2.05, 4.69) is 9.64 Å². The molecule has 1 aliphatic rings. The minimum Gasteiger partial charge on any atom is -0.433 e.